The highest BCUT2D eigenvalue weighted by atomic mass is 35.5. The molecule has 0 aliphatic heterocycles. The van der Waals surface area contributed by atoms with E-state index in [1.165, 1.54) is 25.3 Å². The number of hydrogen-bond donors (Lipinski definition) is 1. The molecule has 0 saturated heterocycles. The molecule has 0 radical (unpaired) electrons. The Morgan fingerprint density at radius 2 is 2.28 bits per heavy atom. The molecular weight excluding hydrogens is 273 g/mol. The molecule has 100 valence electrons. The Morgan fingerprint density at radius 3 is 2.83 bits per heavy atom. The van der Waals surface area contributed by atoms with Gasteiger partial charge in [-0.25, -0.2) is 4.98 Å². The van der Waals surface area contributed by atoms with Crippen molar-refractivity contribution in [2.45, 2.75) is 18.5 Å². The van der Waals surface area contributed by atoms with Crippen molar-refractivity contribution >= 4 is 23.2 Å². The number of anilines is 1. The number of alkyl halides is 4. The Balaban J connectivity index is 2.65. The summed E-state index contributed by atoms with van der Waals surface area (Å²) < 4.78 is 40.2. The van der Waals surface area contributed by atoms with E-state index in [9.17, 15) is 18.0 Å². The van der Waals surface area contributed by atoms with E-state index in [-0.39, 0.29) is 11.6 Å². The van der Waals surface area contributed by atoms with Crippen LogP contribution in [0.15, 0.2) is 18.3 Å². The summed E-state index contributed by atoms with van der Waals surface area (Å²) in [6.07, 6.45) is -3.22. The normalized spacial score (nSPS) is 12.9. The van der Waals surface area contributed by atoms with Crippen molar-refractivity contribution in [2.24, 2.45) is 0 Å². The third-order valence-electron chi connectivity index (χ3n) is 1.75. The predicted molar refractivity (Wildman–Crippen MR) is 59.7 cm³/mol. The van der Waals surface area contributed by atoms with Gasteiger partial charge < -0.3 is 10.1 Å². The summed E-state index contributed by atoms with van der Waals surface area (Å²) in [5, 5.41) is 1.65. The van der Waals surface area contributed by atoms with Crippen LogP contribution in [0.25, 0.3) is 0 Å². The van der Waals surface area contributed by atoms with E-state index in [2.05, 4.69) is 15.0 Å². The summed E-state index contributed by atoms with van der Waals surface area (Å²) in [7, 11) is 0. The molecule has 1 rings (SSSR count). The number of nitrogens with one attached hydrogen (secondary N) is 1. The van der Waals surface area contributed by atoms with Crippen LogP contribution >= 0.6 is 11.6 Å². The van der Waals surface area contributed by atoms with Gasteiger partial charge >= 0.3 is 6.18 Å². The van der Waals surface area contributed by atoms with E-state index >= 15 is 0 Å². The Kier molecular flexibility index (Phi) is 4.77. The summed E-state index contributed by atoms with van der Waals surface area (Å²) in [4.78, 5) is 14.8. The second-order valence-electron chi connectivity index (χ2n) is 3.39. The predicted octanol–water partition coefficient (Wildman–Crippen LogP) is 2.59. The number of hydrogen-bond acceptors (Lipinski definition) is 3. The van der Waals surface area contributed by atoms with Gasteiger partial charge in [-0.2, -0.15) is 13.2 Å². The third kappa shape index (κ3) is 5.22. The molecule has 18 heavy (non-hydrogen) atoms. The summed E-state index contributed by atoms with van der Waals surface area (Å²) in [5.41, 5.74) is 0.264. The maximum atomic E-state index is 11.9. The molecule has 0 fully saturated rings. The van der Waals surface area contributed by atoms with Crippen molar-refractivity contribution in [2.75, 3.05) is 11.9 Å². The number of carbonyl (C=O) groups excluding carboxylic acids is 1. The smallest absolute Gasteiger partial charge is 0.422 e. The van der Waals surface area contributed by atoms with Crippen LogP contribution in [0.1, 0.15) is 6.92 Å². The van der Waals surface area contributed by atoms with Gasteiger partial charge in [0.15, 0.2) is 6.61 Å². The van der Waals surface area contributed by atoms with Crippen LogP contribution in [0.4, 0.5) is 18.9 Å². The Morgan fingerprint density at radius 1 is 1.61 bits per heavy atom. The molecule has 1 amide bonds. The highest BCUT2D eigenvalue weighted by Crippen LogP contribution is 2.19. The summed E-state index contributed by atoms with van der Waals surface area (Å²) in [5.74, 6) is -0.697. The van der Waals surface area contributed by atoms with Crippen molar-refractivity contribution in [3.8, 4) is 5.88 Å². The zero-order valence-electron chi connectivity index (χ0n) is 9.29. The number of aromatic nitrogens is 1. The molecule has 1 atom stereocenters. The van der Waals surface area contributed by atoms with Gasteiger partial charge in [-0.3, -0.25) is 4.79 Å². The van der Waals surface area contributed by atoms with Gasteiger partial charge in [-0.1, -0.05) is 0 Å². The second-order valence-corrected chi connectivity index (χ2v) is 4.05. The quantitative estimate of drug-likeness (QED) is 0.864. The van der Waals surface area contributed by atoms with Crippen molar-refractivity contribution < 1.29 is 22.7 Å². The van der Waals surface area contributed by atoms with Gasteiger partial charge in [0, 0.05) is 18.0 Å². The van der Waals surface area contributed by atoms with E-state index in [0.29, 0.717) is 0 Å². The average Bonchev–Trinajstić information content (AvgIpc) is 2.26. The first kappa shape index (κ1) is 14.6. The standard InChI is InChI=1S/C10H10ClF3N2O2/c1-6(11)9(17)16-7-2-3-15-8(4-7)18-5-10(12,13)14/h2-4,6H,5H2,1H3,(H,15,16,17). The monoisotopic (exact) mass is 282 g/mol. The van der Waals surface area contributed by atoms with Crippen LogP contribution in [0.3, 0.4) is 0 Å². The molecule has 1 N–H and O–H groups in total. The number of carbonyl (C=O) groups is 1. The summed E-state index contributed by atoms with van der Waals surface area (Å²) in [6, 6.07) is 2.60. The van der Waals surface area contributed by atoms with Crippen LogP contribution in [0.5, 0.6) is 5.88 Å². The average molecular weight is 283 g/mol. The molecule has 1 aromatic heterocycles. The lowest BCUT2D eigenvalue weighted by atomic mass is 10.3. The molecule has 0 aliphatic rings. The van der Waals surface area contributed by atoms with Gasteiger partial charge in [0.1, 0.15) is 5.38 Å². The Bertz CT molecular complexity index is 424. The largest absolute Gasteiger partial charge is 0.468 e. The van der Waals surface area contributed by atoms with Gasteiger partial charge in [0.25, 0.3) is 0 Å². The minimum absolute atomic E-state index is 0.229. The molecule has 4 nitrogen and oxygen atoms in total. The topological polar surface area (TPSA) is 51.2 Å². The van der Waals surface area contributed by atoms with Gasteiger partial charge in [-0.05, 0) is 13.0 Å². The fourth-order valence-electron chi connectivity index (χ4n) is 0.964. The maximum absolute atomic E-state index is 11.9. The molecule has 0 aromatic carbocycles. The van der Waals surface area contributed by atoms with E-state index in [0.717, 1.165) is 0 Å². The van der Waals surface area contributed by atoms with Crippen molar-refractivity contribution in [3.63, 3.8) is 0 Å². The van der Waals surface area contributed by atoms with Crippen LogP contribution in [-0.2, 0) is 4.79 Å². The number of nitrogens with zero attached hydrogens (tertiary/aromatic N) is 1. The molecule has 0 saturated carbocycles. The number of ether oxygens (including phenoxy) is 1. The van der Waals surface area contributed by atoms with E-state index < -0.39 is 24.1 Å². The molecule has 0 bridgehead atoms. The summed E-state index contributed by atoms with van der Waals surface area (Å²) in [6.45, 7) is 0.0302. The van der Waals surface area contributed by atoms with Crippen molar-refractivity contribution in [1.29, 1.82) is 0 Å². The second kappa shape index (κ2) is 5.90. The van der Waals surface area contributed by atoms with E-state index in [1.807, 2.05) is 0 Å². The van der Waals surface area contributed by atoms with E-state index in [1.54, 1.807) is 0 Å². The molecule has 1 unspecified atom stereocenters. The highest BCUT2D eigenvalue weighted by molar-refractivity contribution is 6.32. The van der Waals surface area contributed by atoms with Gasteiger partial charge in [0.2, 0.25) is 11.8 Å². The van der Waals surface area contributed by atoms with Crippen LogP contribution in [0.2, 0.25) is 0 Å². The SMILES string of the molecule is CC(Cl)C(=O)Nc1ccnc(OCC(F)(F)F)c1. The minimum atomic E-state index is -4.44. The zero-order valence-corrected chi connectivity index (χ0v) is 10.0. The van der Waals surface area contributed by atoms with Crippen LogP contribution < -0.4 is 10.1 Å². The van der Waals surface area contributed by atoms with Crippen molar-refractivity contribution in [3.05, 3.63) is 18.3 Å². The molecule has 0 aliphatic carbocycles. The maximum Gasteiger partial charge on any atom is 0.422 e. The Hall–Kier alpha value is -1.50. The first-order valence-electron chi connectivity index (χ1n) is 4.88. The number of amides is 1. The molecular formula is C10H10ClF3N2O2. The lowest BCUT2D eigenvalue weighted by Gasteiger charge is -2.10. The van der Waals surface area contributed by atoms with Crippen LogP contribution in [-0.4, -0.2) is 29.1 Å². The minimum Gasteiger partial charge on any atom is -0.468 e. The molecule has 1 aromatic rings. The molecule has 1 heterocycles. The number of rotatable bonds is 4. The fourth-order valence-corrected chi connectivity index (χ4v) is 1.02. The zero-order chi connectivity index (χ0) is 13.8. The fraction of sp³-hybridized carbons (Fsp3) is 0.400. The third-order valence-corrected chi connectivity index (χ3v) is 1.95. The highest BCUT2D eigenvalue weighted by Gasteiger charge is 2.28. The van der Waals surface area contributed by atoms with E-state index in [4.69, 9.17) is 11.6 Å². The lowest BCUT2D eigenvalue weighted by molar-refractivity contribution is -0.154. The number of pyridine rings is 1. The first-order chi connectivity index (χ1) is 8.28. The van der Waals surface area contributed by atoms with Crippen molar-refractivity contribution in [1.82, 2.24) is 4.98 Å². The summed E-state index contributed by atoms with van der Waals surface area (Å²) >= 11 is 5.53. The molecule has 8 heteroatoms. The van der Waals surface area contributed by atoms with Gasteiger partial charge in [-0.15, -0.1) is 11.6 Å². The van der Waals surface area contributed by atoms with Gasteiger partial charge in [0.05, 0.1) is 0 Å². The first-order valence-corrected chi connectivity index (χ1v) is 5.32. The molecule has 0 spiro atoms. The Labute approximate surface area is 106 Å². The van der Waals surface area contributed by atoms with Crippen LogP contribution in [0, 0.1) is 0 Å². The number of halogens is 4. The lowest BCUT2D eigenvalue weighted by Crippen LogP contribution is -2.21.